The Kier molecular flexibility index (Phi) is 4.49. The highest BCUT2D eigenvalue weighted by Crippen LogP contribution is 2.33. The average molecular weight is 335 g/mol. The van der Waals surface area contributed by atoms with E-state index in [1.807, 2.05) is 31.4 Å². The molecule has 21 heavy (non-hydrogen) atoms. The number of hydrogen-bond donors (Lipinski definition) is 1. The van der Waals surface area contributed by atoms with E-state index >= 15 is 0 Å². The molecule has 2 nitrogen and oxygen atoms in total. The molecule has 2 aromatic rings. The molecule has 1 N–H and O–H groups in total. The molecule has 0 amide bonds. The number of nitrogens with one attached hydrogen (secondary N) is 1. The van der Waals surface area contributed by atoms with Crippen LogP contribution in [-0.4, -0.2) is 11.5 Å². The molecule has 0 unspecified atom stereocenters. The molecule has 0 aliphatic rings. The van der Waals surface area contributed by atoms with Crippen molar-refractivity contribution in [2.24, 2.45) is 0 Å². The Hall–Kier alpha value is -1.27. The maximum atomic E-state index is 12.7. The smallest absolute Gasteiger partial charge is 0.369 e. The van der Waals surface area contributed by atoms with E-state index in [1.165, 1.54) is 0 Å². The van der Waals surface area contributed by atoms with Gasteiger partial charge in [0.25, 0.3) is 0 Å². The molecule has 0 radical (unpaired) electrons. The van der Waals surface area contributed by atoms with Crippen LogP contribution < -0.4 is 5.32 Å². The standard InChI is InChI=1S/C14H14ClF3N2S/c1-13(2,10-4-3-5-21-10)8-19-12-7-9(14(16,17)18)6-11(15)20-12/h3-7H,8H2,1-2H3,(H,19,20). The van der Waals surface area contributed by atoms with Crippen molar-refractivity contribution in [3.05, 3.63) is 45.2 Å². The summed E-state index contributed by atoms with van der Waals surface area (Å²) in [5.41, 5.74) is -1.02. The van der Waals surface area contributed by atoms with E-state index in [0.717, 1.165) is 17.0 Å². The van der Waals surface area contributed by atoms with Gasteiger partial charge in [0.05, 0.1) is 5.56 Å². The summed E-state index contributed by atoms with van der Waals surface area (Å²) in [5, 5.41) is 4.73. The lowest BCUT2D eigenvalue weighted by atomic mass is 9.91. The molecular weight excluding hydrogens is 321 g/mol. The van der Waals surface area contributed by atoms with Crippen molar-refractivity contribution in [2.45, 2.75) is 25.4 Å². The Balaban J connectivity index is 2.15. The fourth-order valence-electron chi connectivity index (χ4n) is 1.81. The van der Waals surface area contributed by atoms with E-state index in [1.54, 1.807) is 11.3 Å². The second-order valence-electron chi connectivity index (χ2n) is 5.28. The van der Waals surface area contributed by atoms with E-state index in [0.29, 0.717) is 6.54 Å². The number of aromatic nitrogens is 1. The second-order valence-corrected chi connectivity index (χ2v) is 6.61. The highest BCUT2D eigenvalue weighted by atomic mass is 35.5. The van der Waals surface area contributed by atoms with E-state index in [9.17, 15) is 13.2 Å². The first-order chi connectivity index (χ1) is 9.68. The molecule has 0 spiro atoms. The number of anilines is 1. The van der Waals surface area contributed by atoms with Crippen LogP contribution in [0.4, 0.5) is 19.0 Å². The first-order valence-electron chi connectivity index (χ1n) is 6.21. The minimum absolute atomic E-state index is 0.124. The van der Waals surface area contributed by atoms with Gasteiger partial charge in [0.1, 0.15) is 11.0 Å². The topological polar surface area (TPSA) is 24.9 Å². The Morgan fingerprint density at radius 2 is 2.00 bits per heavy atom. The van der Waals surface area contributed by atoms with Crippen molar-refractivity contribution in [3.8, 4) is 0 Å². The predicted octanol–water partition coefficient (Wildman–Crippen LogP) is 5.21. The van der Waals surface area contributed by atoms with Gasteiger partial charge < -0.3 is 5.32 Å². The van der Waals surface area contributed by atoms with Gasteiger partial charge in [-0.25, -0.2) is 4.98 Å². The van der Waals surface area contributed by atoms with Crippen LogP contribution in [0.5, 0.6) is 0 Å². The van der Waals surface area contributed by atoms with Crippen LogP contribution in [0.25, 0.3) is 0 Å². The Bertz CT molecular complexity index is 609. The Labute approximate surface area is 130 Å². The van der Waals surface area contributed by atoms with Gasteiger partial charge in [0, 0.05) is 16.8 Å². The highest BCUT2D eigenvalue weighted by molar-refractivity contribution is 7.10. The number of pyridine rings is 1. The summed E-state index contributed by atoms with van der Waals surface area (Å²) in [6.45, 7) is 4.49. The van der Waals surface area contributed by atoms with Crippen LogP contribution in [0, 0.1) is 0 Å². The van der Waals surface area contributed by atoms with Crippen molar-refractivity contribution in [3.63, 3.8) is 0 Å². The number of alkyl halides is 3. The molecule has 0 fully saturated rings. The largest absolute Gasteiger partial charge is 0.416 e. The Morgan fingerprint density at radius 3 is 2.57 bits per heavy atom. The molecule has 7 heteroatoms. The molecule has 2 heterocycles. The van der Waals surface area contributed by atoms with Crippen LogP contribution in [0.1, 0.15) is 24.3 Å². The minimum atomic E-state index is -4.44. The molecule has 114 valence electrons. The Morgan fingerprint density at radius 1 is 1.29 bits per heavy atom. The molecule has 0 saturated heterocycles. The predicted molar refractivity (Wildman–Crippen MR) is 80.1 cm³/mol. The van der Waals surface area contributed by atoms with Crippen molar-refractivity contribution >= 4 is 28.8 Å². The number of hydrogen-bond acceptors (Lipinski definition) is 3. The van der Waals surface area contributed by atoms with Crippen LogP contribution in [0.3, 0.4) is 0 Å². The van der Waals surface area contributed by atoms with E-state index in [-0.39, 0.29) is 16.4 Å². The van der Waals surface area contributed by atoms with Gasteiger partial charge in [-0.2, -0.15) is 13.2 Å². The molecule has 2 rings (SSSR count). The quantitative estimate of drug-likeness (QED) is 0.777. The fraction of sp³-hybridized carbons (Fsp3) is 0.357. The van der Waals surface area contributed by atoms with Crippen LogP contribution in [0.2, 0.25) is 5.15 Å². The second kappa shape index (κ2) is 5.85. The van der Waals surface area contributed by atoms with Crippen molar-refractivity contribution in [1.29, 1.82) is 0 Å². The first-order valence-corrected chi connectivity index (χ1v) is 7.47. The molecule has 0 aliphatic carbocycles. The van der Waals surface area contributed by atoms with Gasteiger partial charge in [0.2, 0.25) is 0 Å². The lowest BCUT2D eigenvalue weighted by Crippen LogP contribution is -2.27. The fourth-order valence-corrected chi connectivity index (χ4v) is 2.87. The third-order valence-corrected chi connectivity index (χ3v) is 4.45. The van der Waals surface area contributed by atoms with E-state index in [2.05, 4.69) is 10.3 Å². The van der Waals surface area contributed by atoms with Crippen molar-refractivity contribution in [1.82, 2.24) is 4.98 Å². The zero-order chi connectivity index (χ0) is 15.7. The number of rotatable bonds is 4. The zero-order valence-electron chi connectivity index (χ0n) is 11.5. The van der Waals surface area contributed by atoms with Crippen molar-refractivity contribution in [2.75, 3.05) is 11.9 Å². The monoisotopic (exact) mass is 334 g/mol. The number of thiophene rings is 1. The third kappa shape index (κ3) is 4.11. The average Bonchev–Trinajstić information content (AvgIpc) is 2.89. The SMILES string of the molecule is CC(C)(CNc1cc(C(F)(F)F)cc(Cl)n1)c1cccs1. The normalized spacial score (nSPS) is 12.5. The van der Waals surface area contributed by atoms with Gasteiger partial charge in [-0.05, 0) is 23.6 Å². The molecule has 2 aromatic heterocycles. The lowest BCUT2D eigenvalue weighted by molar-refractivity contribution is -0.137. The van der Waals surface area contributed by atoms with Gasteiger partial charge >= 0.3 is 6.18 Å². The maximum absolute atomic E-state index is 12.7. The first kappa shape index (κ1) is 16.1. The third-order valence-electron chi connectivity index (χ3n) is 3.02. The molecule has 0 aliphatic heterocycles. The summed E-state index contributed by atoms with van der Waals surface area (Å²) >= 11 is 7.27. The van der Waals surface area contributed by atoms with Crippen LogP contribution in [-0.2, 0) is 11.6 Å². The highest BCUT2D eigenvalue weighted by Gasteiger charge is 2.31. The summed E-state index contributed by atoms with van der Waals surface area (Å²) in [4.78, 5) is 5.04. The summed E-state index contributed by atoms with van der Waals surface area (Å²) in [7, 11) is 0. The summed E-state index contributed by atoms with van der Waals surface area (Å²) < 4.78 is 38.2. The summed E-state index contributed by atoms with van der Waals surface area (Å²) in [5.74, 6) is 0.124. The number of nitrogens with zero attached hydrogens (tertiary/aromatic N) is 1. The van der Waals surface area contributed by atoms with Gasteiger partial charge in [-0.3, -0.25) is 0 Å². The van der Waals surface area contributed by atoms with Crippen LogP contribution in [0.15, 0.2) is 29.6 Å². The molecule has 0 atom stereocenters. The molecule has 0 saturated carbocycles. The molecule has 0 bridgehead atoms. The van der Waals surface area contributed by atoms with Gasteiger partial charge in [-0.15, -0.1) is 11.3 Å². The summed E-state index contributed by atoms with van der Waals surface area (Å²) in [6.07, 6.45) is -4.44. The van der Waals surface area contributed by atoms with Gasteiger partial charge in [0.15, 0.2) is 0 Å². The van der Waals surface area contributed by atoms with Crippen LogP contribution >= 0.6 is 22.9 Å². The number of halogens is 4. The molecular formula is C14H14ClF3N2S. The van der Waals surface area contributed by atoms with E-state index < -0.39 is 11.7 Å². The molecule has 0 aromatic carbocycles. The van der Waals surface area contributed by atoms with Crippen molar-refractivity contribution < 1.29 is 13.2 Å². The summed E-state index contributed by atoms with van der Waals surface area (Å²) in [6, 6.07) is 5.73. The van der Waals surface area contributed by atoms with Gasteiger partial charge in [-0.1, -0.05) is 31.5 Å². The minimum Gasteiger partial charge on any atom is -0.369 e. The maximum Gasteiger partial charge on any atom is 0.416 e. The van der Waals surface area contributed by atoms with E-state index in [4.69, 9.17) is 11.6 Å². The lowest BCUT2D eigenvalue weighted by Gasteiger charge is -2.24. The zero-order valence-corrected chi connectivity index (χ0v) is 13.0.